The van der Waals surface area contributed by atoms with Crippen LogP contribution in [0.3, 0.4) is 0 Å². The van der Waals surface area contributed by atoms with Crippen molar-refractivity contribution >= 4 is 17.0 Å². The Balaban J connectivity index is 1.46. The number of nitrogens with zero attached hydrogens (tertiary/aromatic N) is 4. The number of fused-ring (bicyclic) bond motifs is 1. The first-order chi connectivity index (χ1) is 17.9. The number of rotatable bonds is 9. The first-order valence-corrected chi connectivity index (χ1v) is 12.2. The molecule has 4 aromatic rings. The fraction of sp³-hybridized carbons (Fsp3) is 0.321. The molecule has 1 aliphatic rings. The summed E-state index contributed by atoms with van der Waals surface area (Å²) >= 11 is 0. The molecule has 0 aliphatic carbocycles. The molecule has 0 saturated carbocycles. The number of halogens is 1. The Hall–Kier alpha value is -3.66. The highest BCUT2D eigenvalue weighted by Gasteiger charge is 2.49. The van der Waals surface area contributed by atoms with Gasteiger partial charge in [-0.05, 0) is 31.1 Å². The first-order valence-electron chi connectivity index (χ1n) is 12.2. The first kappa shape index (κ1) is 25.0. The summed E-state index contributed by atoms with van der Waals surface area (Å²) in [5.74, 6) is -0.0159. The summed E-state index contributed by atoms with van der Waals surface area (Å²) in [6.07, 6.45) is 2.28. The van der Waals surface area contributed by atoms with Gasteiger partial charge in [-0.25, -0.2) is 4.98 Å². The predicted octanol–water partition coefficient (Wildman–Crippen LogP) is 4.97. The quantitative estimate of drug-likeness (QED) is 0.254. The van der Waals surface area contributed by atoms with Crippen LogP contribution in [0.15, 0.2) is 78.6 Å². The number of allylic oxidation sites excluding steroid dienone is 1. The number of nitrogens with two attached hydrogens (primary N) is 1. The molecule has 0 spiro atoms. The van der Waals surface area contributed by atoms with Crippen molar-refractivity contribution in [3.05, 3.63) is 95.8 Å². The average Bonchev–Trinajstić information content (AvgIpc) is 3.45. The lowest BCUT2D eigenvalue weighted by Gasteiger charge is -2.32. The van der Waals surface area contributed by atoms with Crippen LogP contribution in [-0.4, -0.2) is 37.8 Å². The van der Waals surface area contributed by atoms with Crippen LogP contribution in [0.2, 0.25) is 0 Å². The zero-order valence-electron chi connectivity index (χ0n) is 20.9. The second-order valence-corrected chi connectivity index (χ2v) is 9.45. The third-order valence-corrected chi connectivity index (χ3v) is 6.31. The fourth-order valence-corrected chi connectivity index (χ4v) is 4.72. The van der Waals surface area contributed by atoms with Crippen molar-refractivity contribution in [1.29, 1.82) is 0 Å². The number of nitrogen functional groups attached to an aromatic ring is 1. The number of benzene rings is 2. The van der Waals surface area contributed by atoms with Crippen molar-refractivity contribution in [2.75, 3.05) is 12.3 Å². The van der Waals surface area contributed by atoms with Gasteiger partial charge < -0.3 is 19.9 Å². The van der Waals surface area contributed by atoms with E-state index in [2.05, 4.69) is 21.0 Å². The van der Waals surface area contributed by atoms with Gasteiger partial charge in [0.15, 0.2) is 17.0 Å². The van der Waals surface area contributed by atoms with Crippen LogP contribution in [0.1, 0.15) is 37.6 Å². The molecule has 2 aromatic heterocycles. The molecule has 37 heavy (non-hydrogen) atoms. The Morgan fingerprint density at radius 3 is 2.43 bits per heavy atom. The van der Waals surface area contributed by atoms with Gasteiger partial charge in [0.05, 0.1) is 32.3 Å². The van der Waals surface area contributed by atoms with Crippen LogP contribution >= 0.6 is 0 Å². The van der Waals surface area contributed by atoms with E-state index in [0.717, 1.165) is 16.7 Å². The van der Waals surface area contributed by atoms with Gasteiger partial charge in [-0.1, -0.05) is 66.2 Å². The summed E-state index contributed by atoms with van der Waals surface area (Å²) in [5, 5.41) is 0. The Bertz CT molecular complexity index is 1370. The van der Waals surface area contributed by atoms with Crippen molar-refractivity contribution in [3.63, 3.8) is 0 Å². The molecule has 0 amide bonds. The Labute approximate surface area is 214 Å². The minimum atomic E-state index is -0.914. The van der Waals surface area contributed by atoms with E-state index in [9.17, 15) is 4.39 Å². The summed E-state index contributed by atoms with van der Waals surface area (Å²) in [6, 6.07) is 20.0. The molecule has 5 rings (SSSR count). The third kappa shape index (κ3) is 5.53. The Morgan fingerprint density at radius 1 is 1.08 bits per heavy atom. The van der Waals surface area contributed by atoms with Gasteiger partial charge in [-0.3, -0.25) is 4.57 Å². The van der Waals surface area contributed by atoms with E-state index < -0.39 is 17.9 Å². The SMILES string of the molecule is CC(C)=C[C@]1(COCc2ccccc2)O[C@@H](n2cnc3c(N)nc(F)nc32)C[C@@H]1OCc1ccccc1. The number of aromatic nitrogens is 4. The van der Waals surface area contributed by atoms with E-state index in [1.165, 1.54) is 0 Å². The number of hydrogen-bond acceptors (Lipinski definition) is 7. The maximum Gasteiger partial charge on any atom is 0.312 e. The van der Waals surface area contributed by atoms with Crippen molar-refractivity contribution in [1.82, 2.24) is 19.5 Å². The Kier molecular flexibility index (Phi) is 7.27. The average molecular weight is 504 g/mol. The molecule has 2 N–H and O–H groups in total. The second kappa shape index (κ2) is 10.8. The van der Waals surface area contributed by atoms with Crippen LogP contribution < -0.4 is 5.73 Å². The lowest BCUT2D eigenvalue weighted by molar-refractivity contribution is -0.129. The third-order valence-electron chi connectivity index (χ3n) is 6.31. The van der Waals surface area contributed by atoms with E-state index in [-0.39, 0.29) is 24.2 Å². The predicted molar refractivity (Wildman–Crippen MR) is 138 cm³/mol. The van der Waals surface area contributed by atoms with Gasteiger partial charge in [0, 0.05) is 6.42 Å². The zero-order chi connectivity index (χ0) is 25.8. The molecule has 1 aliphatic heterocycles. The van der Waals surface area contributed by atoms with Gasteiger partial charge in [-0.2, -0.15) is 14.4 Å². The highest BCUT2D eigenvalue weighted by Crippen LogP contribution is 2.42. The molecular weight excluding hydrogens is 473 g/mol. The normalized spacial score (nSPS) is 21.4. The molecule has 0 unspecified atom stereocenters. The van der Waals surface area contributed by atoms with Crippen LogP contribution in [-0.2, 0) is 27.4 Å². The molecule has 9 heteroatoms. The van der Waals surface area contributed by atoms with Crippen molar-refractivity contribution in [2.45, 2.75) is 51.4 Å². The van der Waals surface area contributed by atoms with Gasteiger partial charge in [0.2, 0.25) is 0 Å². The molecule has 1 fully saturated rings. The van der Waals surface area contributed by atoms with Gasteiger partial charge in [0.25, 0.3) is 0 Å². The topological polar surface area (TPSA) is 97.3 Å². The van der Waals surface area contributed by atoms with Crippen molar-refractivity contribution in [2.24, 2.45) is 0 Å². The minimum absolute atomic E-state index is 0.0159. The zero-order valence-corrected chi connectivity index (χ0v) is 20.9. The minimum Gasteiger partial charge on any atom is -0.382 e. The van der Waals surface area contributed by atoms with E-state index in [4.69, 9.17) is 19.9 Å². The monoisotopic (exact) mass is 503 g/mol. The van der Waals surface area contributed by atoms with Gasteiger partial charge in [0.1, 0.15) is 11.8 Å². The van der Waals surface area contributed by atoms with E-state index in [1.54, 1.807) is 10.9 Å². The van der Waals surface area contributed by atoms with Crippen LogP contribution in [0.5, 0.6) is 0 Å². The highest BCUT2D eigenvalue weighted by molar-refractivity contribution is 5.81. The molecule has 1 saturated heterocycles. The second-order valence-electron chi connectivity index (χ2n) is 9.45. The molecule has 3 atom stereocenters. The van der Waals surface area contributed by atoms with Crippen molar-refractivity contribution in [3.8, 4) is 0 Å². The molecule has 0 bridgehead atoms. The maximum absolute atomic E-state index is 14.0. The summed E-state index contributed by atoms with van der Waals surface area (Å²) in [4.78, 5) is 11.8. The van der Waals surface area contributed by atoms with Crippen LogP contribution in [0.25, 0.3) is 11.2 Å². The maximum atomic E-state index is 14.0. The van der Waals surface area contributed by atoms with E-state index in [0.29, 0.717) is 25.2 Å². The number of ether oxygens (including phenoxy) is 3. The lowest BCUT2D eigenvalue weighted by Crippen LogP contribution is -2.44. The highest BCUT2D eigenvalue weighted by atomic mass is 19.1. The van der Waals surface area contributed by atoms with Crippen molar-refractivity contribution < 1.29 is 18.6 Å². The van der Waals surface area contributed by atoms with E-state index in [1.807, 2.05) is 74.5 Å². The van der Waals surface area contributed by atoms with E-state index >= 15 is 0 Å². The smallest absolute Gasteiger partial charge is 0.312 e. The Morgan fingerprint density at radius 2 is 1.76 bits per heavy atom. The van der Waals surface area contributed by atoms with Crippen LogP contribution in [0, 0.1) is 6.08 Å². The number of imidazole rings is 1. The standard InChI is InChI=1S/C28H30FN5O3/c1-19(2)14-28(17-35-15-20-9-5-3-6-10-20)22(36-16-21-11-7-4-8-12-21)13-23(37-28)34-18-31-24-25(30)32-27(29)33-26(24)34/h3-12,14,18,22-23H,13,15-17H2,1-2H3,(H2,30,32,33)/t22-,23+,28+/m0/s1. The van der Waals surface area contributed by atoms with Crippen LogP contribution in [0.4, 0.5) is 10.2 Å². The molecule has 8 nitrogen and oxygen atoms in total. The summed E-state index contributed by atoms with van der Waals surface area (Å²) in [5.41, 5.74) is 8.78. The fourth-order valence-electron chi connectivity index (χ4n) is 4.72. The number of anilines is 1. The molecule has 0 radical (unpaired) electrons. The van der Waals surface area contributed by atoms with Gasteiger partial charge >= 0.3 is 6.08 Å². The molecular formula is C28H30FN5O3. The lowest BCUT2D eigenvalue weighted by atomic mass is 9.94. The number of hydrogen-bond donors (Lipinski definition) is 1. The molecule has 3 heterocycles. The van der Waals surface area contributed by atoms with Gasteiger partial charge in [-0.15, -0.1) is 0 Å². The summed E-state index contributed by atoms with van der Waals surface area (Å²) in [7, 11) is 0. The summed E-state index contributed by atoms with van der Waals surface area (Å²) < 4.78 is 35.1. The molecule has 192 valence electrons. The largest absolute Gasteiger partial charge is 0.382 e. The molecule has 2 aromatic carbocycles. The summed E-state index contributed by atoms with van der Waals surface area (Å²) in [6.45, 7) is 5.13.